The van der Waals surface area contributed by atoms with E-state index in [1.807, 2.05) is 14.1 Å². The van der Waals surface area contributed by atoms with E-state index in [0.717, 1.165) is 35.1 Å². The third-order valence-corrected chi connectivity index (χ3v) is 7.28. The average Bonchev–Trinajstić information content (AvgIpc) is 3.47. The van der Waals surface area contributed by atoms with Crippen LogP contribution in [0.4, 0.5) is 23.7 Å². The van der Waals surface area contributed by atoms with Crippen LogP contribution in [0.3, 0.4) is 0 Å². The Labute approximate surface area is 250 Å². The molecular formula is C28H30F3N10O3+. The number of aromatic nitrogens is 4. The van der Waals surface area contributed by atoms with Gasteiger partial charge in [0.1, 0.15) is 12.6 Å². The maximum absolute atomic E-state index is 13.6. The van der Waals surface area contributed by atoms with Crippen LogP contribution in [-0.2, 0) is 28.7 Å². The number of rotatable bonds is 8. The number of tetrazole rings is 1. The van der Waals surface area contributed by atoms with Gasteiger partial charge in [-0.2, -0.15) is 23.6 Å². The number of anilines is 1. The molecule has 2 aromatic carbocycles. The number of alkyl halides is 3. The van der Waals surface area contributed by atoms with Gasteiger partial charge in [0.2, 0.25) is 11.8 Å². The summed E-state index contributed by atoms with van der Waals surface area (Å²) >= 11 is 0. The lowest BCUT2D eigenvalue weighted by Gasteiger charge is -2.43. The number of esters is 1. The lowest BCUT2D eigenvalue weighted by molar-refractivity contribution is -0.904. The van der Waals surface area contributed by atoms with Crippen LogP contribution < -0.4 is 10.6 Å². The van der Waals surface area contributed by atoms with Crippen LogP contribution in [0.15, 0.2) is 53.7 Å². The number of H-pyrrole nitrogens is 1. The number of nitrogens with one attached hydrogen (secondary N) is 2. The molecule has 0 aliphatic carbocycles. The highest BCUT2D eigenvalue weighted by Crippen LogP contribution is 2.42. The number of carbonyl (C=O) groups excluding carboxylic acids is 2. The number of aromatic amines is 1. The maximum atomic E-state index is 13.6. The van der Waals surface area contributed by atoms with E-state index in [-0.39, 0.29) is 17.0 Å². The summed E-state index contributed by atoms with van der Waals surface area (Å²) in [4.78, 5) is 28.2. The van der Waals surface area contributed by atoms with Crippen molar-refractivity contribution in [3.63, 3.8) is 0 Å². The van der Waals surface area contributed by atoms with Gasteiger partial charge in [0, 0.05) is 17.8 Å². The van der Waals surface area contributed by atoms with Crippen LogP contribution in [-0.4, -0.2) is 75.7 Å². The normalized spacial score (nSPS) is 15.8. The van der Waals surface area contributed by atoms with Crippen LogP contribution in [0.1, 0.15) is 41.0 Å². The summed E-state index contributed by atoms with van der Waals surface area (Å²) in [7, 11) is 5.00. The van der Waals surface area contributed by atoms with Crippen LogP contribution in [0.25, 0.3) is 0 Å². The first-order valence-electron chi connectivity index (χ1n) is 13.2. The summed E-state index contributed by atoms with van der Waals surface area (Å²) in [6.07, 6.45) is -4.34. The van der Waals surface area contributed by atoms with Crippen molar-refractivity contribution in [3.05, 3.63) is 81.8 Å². The Morgan fingerprint density at radius 3 is 2.55 bits per heavy atom. The van der Waals surface area contributed by atoms with Crippen molar-refractivity contribution >= 4 is 23.6 Å². The minimum Gasteiger partial charge on any atom is -0.466 e. The summed E-state index contributed by atoms with van der Waals surface area (Å²) in [5.41, 5.74) is 5.90. The minimum atomic E-state index is -4.68. The molecule has 0 spiro atoms. The molecule has 0 bridgehead atoms. The number of methoxy groups -OCH3 is 1. The number of nitrogens with two attached hydrogens (primary N) is 1. The number of amides is 2. The van der Waals surface area contributed by atoms with Crippen molar-refractivity contribution in [2.24, 2.45) is 5.73 Å². The number of benzene rings is 2. The van der Waals surface area contributed by atoms with E-state index >= 15 is 0 Å². The van der Waals surface area contributed by atoms with Gasteiger partial charge in [-0.25, -0.2) is 9.59 Å². The van der Waals surface area contributed by atoms with E-state index in [9.17, 15) is 28.0 Å². The predicted octanol–water partition coefficient (Wildman–Crippen LogP) is 3.23. The summed E-state index contributed by atoms with van der Waals surface area (Å²) in [6.45, 7) is 2.36. The third-order valence-electron chi connectivity index (χ3n) is 7.28. The second-order valence-corrected chi connectivity index (χ2v) is 10.7. The number of carbonyl (C=O) groups is 2. The molecule has 1 atom stereocenters. The smallest absolute Gasteiger partial charge is 0.416 e. The lowest BCUT2D eigenvalue weighted by atomic mass is 9.87. The Balaban J connectivity index is 1.88. The highest BCUT2D eigenvalue weighted by molar-refractivity contribution is 6.10. The number of halogens is 3. The van der Waals surface area contributed by atoms with Crippen LogP contribution in [0.5, 0.6) is 0 Å². The topological polar surface area (TPSA) is 178 Å². The van der Waals surface area contributed by atoms with Gasteiger partial charge in [-0.1, -0.05) is 12.1 Å². The van der Waals surface area contributed by atoms with Crippen molar-refractivity contribution in [1.82, 2.24) is 25.5 Å². The second kappa shape index (κ2) is 12.1. The Kier molecular flexibility index (Phi) is 8.72. The standard InChI is InChI=1S/C28H29F3N10O3/c1-16-23(25(42)44-4)24(40(27(34)43)26(33)39(16)20-7-5-6-19(13-20)28(29,30)31)21-9-8-17(14-32)12-18(21)10-11-41(2,3)15-22-35-37-38-36-22/h5-9,12-13,24,33H,10-11,15H2,1-4H3,(H2-,34,35,36,37,38,43)/p+1/t24-/m1/s1. The number of guanidine groups is 1. The van der Waals surface area contributed by atoms with E-state index < -0.39 is 35.7 Å². The molecule has 2 heterocycles. The molecule has 13 nitrogen and oxygen atoms in total. The number of urea groups is 1. The van der Waals surface area contributed by atoms with E-state index in [1.54, 1.807) is 12.1 Å². The first kappa shape index (κ1) is 31.6. The van der Waals surface area contributed by atoms with Gasteiger partial charge in [-0.15, -0.1) is 10.2 Å². The van der Waals surface area contributed by atoms with Crippen LogP contribution >= 0.6 is 0 Å². The van der Waals surface area contributed by atoms with Gasteiger partial charge in [-0.05, 0) is 53.6 Å². The molecule has 0 fully saturated rings. The van der Waals surface area contributed by atoms with Crippen molar-refractivity contribution in [3.8, 4) is 6.07 Å². The molecule has 0 saturated carbocycles. The van der Waals surface area contributed by atoms with Gasteiger partial charge in [-0.3, -0.25) is 15.2 Å². The molecule has 3 aromatic rings. The molecule has 1 aliphatic heterocycles. The quantitative estimate of drug-likeness (QED) is 0.257. The Morgan fingerprint density at radius 2 is 1.95 bits per heavy atom. The molecule has 1 aliphatic rings. The molecule has 2 amide bonds. The largest absolute Gasteiger partial charge is 0.466 e. The molecule has 4 N–H and O–H groups in total. The fraction of sp³-hybridized carbons (Fsp3) is 0.321. The van der Waals surface area contributed by atoms with Crippen molar-refractivity contribution in [2.45, 2.75) is 32.1 Å². The molecular weight excluding hydrogens is 581 g/mol. The third kappa shape index (κ3) is 6.37. The lowest BCUT2D eigenvalue weighted by Crippen LogP contribution is -2.55. The van der Waals surface area contributed by atoms with Gasteiger partial charge in [0.05, 0.1) is 50.5 Å². The Morgan fingerprint density at radius 1 is 1.23 bits per heavy atom. The number of hydrogen-bond donors (Lipinski definition) is 3. The first-order chi connectivity index (χ1) is 20.7. The zero-order valence-corrected chi connectivity index (χ0v) is 24.3. The second-order valence-electron chi connectivity index (χ2n) is 10.7. The van der Waals surface area contributed by atoms with Gasteiger partial charge in [0.25, 0.3) is 0 Å². The van der Waals surface area contributed by atoms with E-state index in [2.05, 4.69) is 26.7 Å². The van der Waals surface area contributed by atoms with Crippen molar-refractivity contribution in [2.75, 3.05) is 32.6 Å². The van der Waals surface area contributed by atoms with Gasteiger partial charge in [0.15, 0.2) is 0 Å². The summed E-state index contributed by atoms with van der Waals surface area (Å²) in [5, 5.41) is 32.6. The molecule has 0 radical (unpaired) electrons. The summed E-state index contributed by atoms with van der Waals surface area (Å²) < 4.78 is 46.2. The number of likely N-dealkylation sites (N-methyl/N-ethyl adjacent to an activating group) is 1. The number of allylic oxidation sites excluding steroid dienone is 1. The van der Waals surface area contributed by atoms with Crippen molar-refractivity contribution in [1.29, 1.82) is 10.7 Å². The minimum absolute atomic E-state index is 0.0622. The molecule has 16 heteroatoms. The fourth-order valence-corrected chi connectivity index (χ4v) is 5.16. The Hall–Kier alpha value is -5.30. The molecule has 0 saturated heterocycles. The van der Waals surface area contributed by atoms with E-state index in [4.69, 9.17) is 15.9 Å². The number of nitriles is 1. The zero-order chi connectivity index (χ0) is 32.4. The SMILES string of the molecule is COC(=O)C1=C(C)N(c2cccc(C(F)(F)F)c2)C(=N)N(C(N)=O)[C@@H]1c1ccc(C#N)cc1CC[N+](C)(C)Cc1nn[nH]n1. The number of nitrogens with zero attached hydrogens (tertiary/aromatic N) is 7. The molecule has 4 rings (SSSR count). The fourth-order valence-electron chi connectivity index (χ4n) is 5.16. The zero-order valence-electron chi connectivity index (χ0n) is 24.3. The number of hydrogen-bond acceptors (Lipinski definition) is 8. The van der Waals surface area contributed by atoms with E-state index in [1.165, 1.54) is 19.1 Å². The van der Waals surface area contributed by atoms with Gasteiger partial charge >= 0.3 is 18.2 Å². The number of quaternary nitrogens is 1. The van der Waals surface area contributed by atoms with Crippen LogP contribution in [0.2, 0.25) is 0 Å². The molecule has 44 heavy (non-hydrogen) atoms. The first-order valence-corrected chi connectivity index (χ1v) is 13.2. The maximum Gasteiger partial charge on any atom is 0.416 e. The monoisotopic (exact) mass is 611 g/mol. The van der Waals surface area contributed by atoms with Crippen molar-refractivity contribution < 1.29 is 32.0 Å². The van der Waals surface area contributed by atoms with Crippen LogP contribution in [0, 0.1) is 16.7 Å². The number of ether oxygens (including phenoxy) is 1. The highest BCUT2D eigenvalue weighted by atomic mass is 19.4. The molecule has 1 aromatic heterocycles. The summed E-state index contributed by atoms with van der Waals surface area (Å²) in [6, 6.07) is 8.51. The molecule has 230 valence electrons. The van der Waals surface area contributed by atoms with E-state index in [0.29, 0.717) is 46.5 Å². The highest BCUT2D eigenvalue weighted by Gasteiger charge is 2.44. The average molecular weight is 612 g/mol. The van der Waals surface area contributed by atoms with Gasteiger partial charge < -0.3 is 15.0 Å². The Bertz CT molecular complexity index is 1660. The summed E-state index contributed by atoms with van der Waals surface area (Å²) in [5.74, 6) is -0.967. The predicted molar refractivity (Wildman–Crippen MR) is 150 cm³/mol. The number of primary amides is 1. The molecule has 0 unspecified atom stereocenters.